The third-order valence-electron chi connectivity index (χ3n) is 14.2. The molecule has 67 heavy (non-hydrogen) atoms. The highest BCUT2D eigenvalue weighted by atomic mass is 32.2. The molecule has 1 atom stereocenters. The highest BCUT2D eigenvalue weighted by molar-refractivity contribution is 7.99. The van der Waals surface area contributed by atoms with Gasteiger partial charge in [-0.3, -0.25) is 0 Å². The van der Waals surface area contributed by atoms with Crippen LogP contribution in [0, 0.1) is 0 Å². The first-order chi connectivity index (χ1) is 33.2. The van der Waals surface area contributed by atoms with Gasteiger partial charge in [0, 0.05) is 43.3 Å². The van der Waals surface area contributed by atoms with Crippen molar-refractivity contribution in [3.05, 3.63) is 258 Å². The molecule has 3 heterocycles. The molecular weight excluding hydrogens is 833 g/mol. The molecule has 2 aromatic heterocycles. The normalized spacial score (nSPS) is 15.3. The average molecular weight is 873 g/mol. The minimum Gasteiger partial charge on any atom is -0.309 e. The van der Waals surface area contributed by atoms with Crippen LogP contribution in [0.3, 0.4) is 0 Å². The zero-order valence-corrected chi connectivity index (χ0v) is 37.2. The number of hydrogen-bond acceptors (Lipinski definition) is 4. The standard InChI is InChI=1S/C62H40N4S/c1-3-16-39(17-4-1)40-30-32-43(33-31-40)60-63-59(42-19-5-2-6-20-42)64-61(65-60)44-21-15-22-45(36-44)66-54-35-34-41-18-7-8-23-46(41)58(54)49-37-53-57(38-55(49)66)67-56-29-14-13-28-52(56)62(53)50-26-11-9-24-47(50)48-25-10-12-27-51(48)62/h1-32,34-38,43H,33H2. The van der Waals surface area contributed by atoms with Crippen molar-refractivity contribution in [3.8, 4) is 39.6 Å². The topological polar surface area (TPSA) is 43.6 Å². The van der Waals surface area contributed by atoms with Crippen LogP contribution in [0.4, 0.5) is 0 Å². The minimum absolute atomic E-state index is 0.0152. The number of benzene rings is 9. The largest absolute Gasteiger partial charge is 0.309 e. The van der Waals surface area contributed by atoms with Crippen LogP contribution < -0.4 is 0 Å². The lowest BCUT2D eigenvalue weighted by atomic mass is 9.67. The highest BCUT2D eigenvalue weighted by Gasteiger charge is 2.50. The average Bonchev–Trinajstić information content (AvgIpc) is 3.89. The number of fused-ring (bicyclic) bond motifs is 14. The number of allylic oxidation sites excluding steroid dienone is 4. The number of hydrogen-bond donors (Lipinski definition) is 0. The van der Waals surface area contributed by atoms with Gasteiger partial charge < -0.3 is 4.57 Å². The fraction of sp³-hybridized carbons (Fsp3) is 0.0484. The first-order valence-electron chi connectivity index (χ1n) is 23.0. The van der Waals surface area contributed by atoms with Crippen LogP contribution in [0.5, 0.6) is 0 Å². The van der Waals surface area contributed by atoms with Crippen molar-refractivity contribution in [1.29, 1.82) is 0 Å². The predicted octanol–water partition coefficient (Wildman–Crippen LogP) is 15.4. The summed E-state index contributed by atoms with van der Waals surface area (Å²) < 4.78 is 2.46. The second-order valence-corrected chi connectivity index (χ2v) is 18.9. The van der Waals surface area contributed by atoms with E-state index in [1.165, 1.54) is 81.4 Å². The van der Waals surface area contributed by atoms with E-state index in [4.69, 9.17) is 15.0 Å². The fourth-order valence-corrected chi connectivity index (χ4v) is 12.5. The van der Waals surface area contributed by atoms with Crippen molar-refractivity contribution in [1.82, 2.24) is 19.5 Å². The summed E-state index contributed by atoms with van der Waals surface area (Å²) in [5.41, 5.74) is 15.2. The molecular formula is C62H40N4S. The molecule has 0 bridgehead atoms. The summed E-state index contributed by atoms with van der Waals surface area (Å²) in [5.74, 6) is 2.12. The summed E-state index contributed by atoms with van der Waals surface area (Å²) in [6, 6.07) is 75.2. The van der Waals surface area contributed by atoms with E-state index in [0.29, 0.717) is 11.6 Å². The minimum atomic E-state index is -0.475. The van der Waals surface area contributed by atoms with E-state index < -0.39 is 5.41 Å². The molecule has 0 fully saturated rings. The monoisotopic (exact) mass is 872 g/mol. The van der Waals surface area contributed by atoms with Gasteiger partial charge in [-0.1, -0.05) is 200 Å². The summed E-state index contributed by atoms with van der Waals surface area (Å²) >= 11 is 1.89. The van der Waals surface area contributed by atoms with Gasteiger partial charge in [0.1, 0.15) is 5.82 Å². The second kappa shape index (κ2) is 15.0. The molecule has 0 N–H and O–H groups in total. The smallest absolute Gasteiger partial charge is 0.163 e. The molecule has 9 aromatic carbocycles. The van der Waals surface area contributed by atoms with Gasteiger partial charge in [0.2, 0.25) is 0 Å². The van der Waals surface area contributed by atoms with Crippen LogP contribution in [0.15, 0.2) is 234 Å². The van der Waals surface area contributed by atoms with E-state index in [-0.39, 0.29) is 5.92 Å². The van der Waals surface area contributed by atoms with E-state index in [1.807, 2.05) is 30.0 Å². The van der Waals surface area contributed by atoms with Gasteiger partial charge in [-0.25, -0.2) is 15.0 Å². The first-order valence-corrected chi connectivity index (χ1v) is 23.9. The zero-order valence-electron chi connectivity index (χ0n) is 36.3. The number of aromatic nitrogens is 4. The maximum absolute atomic E-state index is 5.28. The lowest BCUT2D eigenvalue weighted by Crippen LogP contribution is -2.31. The summed E-state index contributed by atoms with van der Waals surface area (Å²) in [6.07, 6.45) is 7.57. The number of rotatable bonds is 5. The number of nitrogens with zero attached hydrogens (tertiary/aromatic N) is 4. The Labute approximate surface area is 392 Å². The molecule has 0 amide bonds. The van der Waals surface area contributed by atoms with Gasteiger partial charge in [-0.05, 0) is 98.1 Å². The van der Waals surface area contributed by atoms with Gasteiger partial charge in [0.05, 0.1) is 16.4 Å². The van der Waals surface area contributed by atoms with Crippen molar-refractivity contribution in [2.24, 2.45) is 0 Å². The molecule has 314 valence electrons. The molecule has 1 aliphatic heterocycles. The van der Waals surface area contributed by atoms with Crippen molar-refractivity contribution in [2.75, 3.05) is 0 Å². The van der Waals surface area contributed by atoms with Crippen LogP contribution in [0.2, 0.25) is 0 Å². The van der Waals surface area contributed by atoms with E-state index in [1.54, 1.807) is 0 Å². The Balaban J connectivity index is 0.981. The SMILES string of the molecule is C1=CC(c2nc(-c3ccccc3)nc(-c3cccc(-n4c5cc6c(cc5c5c7ccccc7ccc54)C4(c5ccccc5S6)c5ccccc5-c5ccccc54)c3)n2)CC=C1c1ccccc1. The molecule has 11 aromatic rings. The van der Waals surface area contributed by atoms with Gasteiger partial charge in [-0.2, -0.15) is 0 Å². The maximum Gasteiger partial charge on any atom is 0.163 e. The summed E-state index contributed by atoms with van der Waals surface area (Å²) in [6.45, 7) is 0. The molecule has 14 rings (SSSR count). The van der Waals surface area contributed by atoms with Crippen molar-refractivity contribution < 1.29 is 0 Å². The Bertz CT molecular complexity index is 3840. The van der Waals surface area contributed by atoms with E-state index in [0.717, 1.165) is 34.6 Å². The van der Waals surface area contributed by atoms with Crippen molar-refractivity contribution in [3.63, 3.8) is 0 Å². The molecule has 1 unspecified atom stereocenters. The van der Waals surface area contributed by atoms with Gasteiger partial charge in [-0.15, -0.1) is 0 Å². The molecule has 0 radical (unpaired) electrons. The van der Waals surface area contributed by atoms with Gasteiger partial charge in [0.25, 0.3) is 0 Å². The molecule has 5 heteroatoms. The Morgan fingerprint density at radius 1 is 0.478 bits per heavy atom. The first kappa shape index (κ1) is 38.2. The van der Waals surface area contributed by atoms with E-state index >= 15 is 0 Å². The Hall–Kier alpha value is -8.12. The predicted molar refractivity (Wildman–Crippen MR) is 275 cm³/mol. The molecule has 1 spiro atoms. The summed E-state index contributed by atoms with van der Waals surface area (Å²) in [7, 11) is 0. The summed E-state index contributed by atoms with van der Waals surface area (Å²) in [5, 5.41) is 4.95. The fourth-order valence-electron chi connectivity index (χ4n) is 11.3. The van der Waals surface area contributed by atoms with Crippen LogP contribution in [0.25, 0.3) is 77.7 Å². The third kappa shape index (κ3) is 5.78. The zero-order chi connectivity index (χ0) is 44.1. The van der Waals surface area contributed by atoms with Crippen molar-refractivity contribution >= 4 is 49.9 Å². The molecule has 4 nitrogen and oxygen atoms in total. The van der Waals surface area contributed by atoms with E-state index in [9.17, 15) is 0 Å². The maximum atomic E-state index is 5.28. The Morgan fingerprint density at radius 2 is 1.13 bits per heavy atom. The van der Waals surface area contributed by atoms with E-state index in [2.05, 4.69) is 211 Å². The van der Waals surface area contributed by atoms with Crippen LogP contribution >= 0.6 is 11.8 Å². The Morgan fingerprint density at radius 3 is 1.90 bits per heavy atom. The van der Waals surface area contributed by atoms with Crippen LogP contribution in [0.1, 0.15) is 46.0 Å². The quantitative estimate of drug-likeness (QED) is 0.173. The third-order valence-corrected chi connectivity index (χ3v) is 15.3. The summed E-state index contributed by atoms with van der Waals surface area (Å²) in [4.78, 5) is 18.2. The van der Waals surface area contributed by atoms with Crippen molar-refractivity contribution in [2.45, 2.75) is 27.5 Å². The Kier molecular flexibility index (Phi) is 8.52. The van der Waals surface area contributed by atoms with Gasteiger partial charge in [0.15, 0.2) is 11.6 Å². The lowest BCUT2D eigenvalue weighted by molar-refractivity contribution is 0.724. The molecule has 2 aliphatic carbocycles. The highest BCUT2D eigenvalue weighted by Crippen LogP contribution is 2.63. The lowest BCUT2D eigenvalue weighted by Gasteiger charge is -2.39. The molecule has 0 saturated heterocycles. The second-order valence-electron chi connectivity index (χ2n) is 17.8. The molecule has 0 saturated carbocycles. The molecule has 3 aliphatic rings. The van der Waals surface area contributed by atoms with Crippen LogP contribution in [-0.2, 0) is 5.41 Å². The van der Waals surface area contributed by atoms with Gasteiger partial charge >= 0.3 is 0 Å². The van der Waals surface area contributed by atoms with Crippen LogP contribution in [-0.4, -0.2) is 19.5 Å².